The van der Waals surface area contributed by atoms with Gasteiger partial charge in [-0.05, 0) is 40.3 Å². The molecule has 9 nitrogen and oxygen atoms in total. The monoisotopic (exact) mass is 430 g/mol. The molecule has 0 aliphatic heterocycles. The highest BCUT2D eigenvalue weighted by Gasteiger charge is 2.21. The molecule has 160 valence electrons. The van der Waals surface area contributed by atoms with Gasteiger partial charge in [0.15, 0.2) is 11.5 Å². The molecule has 0 amide bonds. The van der Waals surface area contributed by atoms with Gasteiger partial charge in [0, 0.05) is 11.6 Å². The largest absolute Gasteiger partial charge is 0.465 e. The third kappa shape index (κ3) is 4.62. The first kappa shape index (κ1) is 20.7. The number of ether oxygens (including phenoxy) is 2. The molecule has 2 aromatic carbocycles. The van der Waals surface area contributed by atoms with Crippen molar-refractivity contribution in [3.05, 3.63) is 89.9 Å². The van der Waals surface area contributed by atoms with E-state index in [-0.39, 0.29) is 12.3 Å². The van der Waals surface area contributed by atoms with Crippen LogP contribution in [0, 0.1) is 0 Å². The van der Waals surface area contributed by atoms with E-state index in [1.807, 2.05) is 30.3 Å². The number of carbonyl (C=O) groups is 2. The molecule has 2 heterocycles. The number of rotatable bonds is 7. The van der Waals surface area contributed by atoms with Gasteiger partial charge < -0.3 is 13.9 Å². The van der Waals surface area contributed by atoms with Crippen LogP contribution in [0.1, 0.15) is 21.7 Å². The summed E-state index contributed by atoms with van der Waals surface area (Å²) < 4.78 is 16.8. The van der Waals surface area contributed by atoms with Crippen molar-refractivity contribution in [2.24, 2.45) is 0 Å². The Balaban J connectivity index is 1.59. The van der Waals surface area contributed by atoms with E-state index >= 15 is 0 Å². The van der Waals surface area contributed by atoms with E-state index < -0.39 is 11.9 Å². The first-order valence-corrected chi connectivity index (χ1v) is 9.59. The minimum absolute atomic E-state index is 0.0153. The molecule has 0 spiro atoms. The molecule has 0 N–H and O–H groups in total. The van der Waals surface area contributed by atoms with E-state index in [1.165, 1.54) is 24.1 Å². The lowest BCUT2D eigenvalue weighted by molar-refractivity contribution is -0.138. The van der Waals surface area contributed by atoms with E-state index in [4.69, 9.17) is 9.15 Å². The molecule has 32 heavy (non-hydrogen) atoms. The van der Waals surface area contributed by atoms with Crippen LogP contribution < -0.4 is 0 Å². The fraction of sp³-hybridized carbons (Fsp3) is 0.0870. The van der Waals surface area contributed by atoms with Crippen molar-refractivity contribution in [2.45, 2.75) is 6.61 Å². The van der Waals surface area contributed by atoms with Gasteiger partial charge in [-0.3, -0.25) is 0 Å². The highest BCUT2D eigenvalue weighted by molar-refractivity contribution is 6.15. The molecule has 0 bridgehead atoms. The number of hydrogen-bond donors (Lipinski definition) is 0. The Kier molecular flexibility index (Phi) is 6.17. The Morgan fingerprint density at radius 3 is 2.50 bits per heavy atom. The smallest absolute Gasteiger partial charge is 0.357 e. The summed E-state index contributed by atoms with van der Waals surface area (Å²) in [5, 5.41) is 11.8. The second kappa shape index (κ2) is 9.52. The summed E-state index contributed by atoms with van der Waals surface area (Å²) in [5.74, 6) is -0.274. The number of methoxy groups -OCH3 is 1. The van der Waals surface area contributed by atoms with Crippen LogP contribution in [0.15, 0.2) is 77.4 Å². The van der Waals surface area contributed by atoms with E-state index in [9.17, 15) is 9.59 Å². The van der Waals surface area contributed by atoms with Gasteiger partial charge in [-0.1, -0.05) is 42.5 Å². The predicted octanol–water partition coefficient (Wildman–Crippen LogP) is 3.46. The predicted molar refractivity (Wildman–Crippen MR) is 114 cm³/mol. The molecule has 9 heteroatoms. The van der Waals surface area contributed by atoms with E-state index in [1.54, 1.807) is 36.4 Å². The Morgan fingerprint density at radius 2 is 1.81 bits per heavy atom. The van der Waals surface area contributed by atoms with E-state index in [0.29, 0.717) is 22.7 Å². The van der Waals surface area contributed by atoms with Crippen molar-refractivity contribution in [2.75, 3.05) is 7.11 Å². The molecular formula is C23H18N4O5. The summed E-state index contributed by atoms with van der Waals surface area (Å²) >= 11 is 0. The quantitative estimate of drug-likeness (QED) is 0.324. The Morgan fingerprint density at radius 1 is 1.03 bits per heavy atom. The van der Waals surface area contributed by atoms with E-state index in [2.05, 4.69) is 20.3 Å². The number of aromatic nitrogens is 4. The Labute approximate surface area is 182 Å². The molecule has 4 rings (SSSR count). The van der Waals surface area contributed by atoms with Crippen LogP contribution in [-0.2, 0) is 20.9 Å². The number of carbonyl (C=O) groups excluding carboxylic acids is 2. The van der Waals surface area contributed by atoms with Gasteiger partial charge >= 0.3 is 11.9 Å². The molecule has 2 aromatic heterocycles. The van der Waals surface area contributed by atoms with Gasteiger partial charge in [0.05, 0.1) is 18.9 Å². The van der Waals surface area contributed by atoms with Crippen LogP contribution in [0.3, 0.4) is 0 Å². The normalized spacial score (nSPS) is 11.2. The summed E-state index contributed by atoms with van der Waals surface area (Å²) in [4.78, 5) is 24.6. The highest BCUT2D eigenvalue weighted by Crippen LogP contribution is 2.21. The van der Waals surface area contributed by atoms with Crippen LogP contribution in [0.5, 0.6) is 0 Å². The maximum Gasteiger partial charge on any atom is 0.357 e. The molecule has 4 aromatic rings. The zero-order valence-corrected chi connectivity index (χ0v) is 17.0. The topological polar surface area (TPSA) is 109 Å². The minimum atomic E-state index is -0.650. The lowest BCUT2D eigenvalue weighted by Gasteiger charge is -2.10. The van der Waals surface area contributed by atoms with Gasteiger partial charge in [-0.2, -0.15) is 4.68 Å². The summed E-state index contributed by atoms with van der Waals surface area (Å²) in [6, 6.07) is 19.2. The van der Waals surface area contributed by atoms with Crippen LogP contribution >= 0.6 is 0 Å². The summed E-state index contributed by atoms with van der Waals surface area (Å²) in [5.41, 5.74) is 1.91. The van der Waals surface area contributed by atoms with Crippen molar-refractivity contribution in [3.8, 4) is 11.4 Å². The molecule has 0 atom stereocenters. The standard InChI is InChI=1S/C23H18N4O5/c1-30-22(28)18-11-9-16(10-12-18)15-32-23(29)20(14-19-8-5-13-31-19)27-21(24-25-26-27)17-6-3-2-4-7-17/h2-14H,15H2,1H3/b20-14+. The molecule has 0 unspecified atom stereocenters. The molecular weight excluding hydrogens is 412 g/mol. The van der Waals surface area contributed by atoms with Crippen LogP contribution in [0.25, 0.3) is 23.2 Å². The van der Waals surface area contributed by atoms with Crippen molar-refractivity contribution in [1.29, 1.82) is 0 Å². The number of hydrogen-bond acceptors (Lipinski definition) is 8. The fourth-order valence-electron chi connectivity index (χ4n) is 2.91. The first-order valence-electron chi connectivity index (χ1n) is 9.59. The molecule has 0 radical (unpaired) electrons. The molecule has 0 saturated carbocycles. The number of tetrazole rings is 1. The van der Waals surface area contributed by atoms with Crippen LogP contribution in [0.2, 0.25) is 0 Å². The van der Waals surface area contributed by atoms with Gasteiger partial charge in [0.2, 0.25) is 0 Å². The van der Waals surface area contributed by atoms with E-state index in [0.717, 1.165) is 5.56 Å². The zero-order valence-electron chi connectivity index (χ0n) is 17.0. The average Bonchev–Trinajstić information content (AvgIpc) is 3.53. The Hall–Kier alpha value is -4.53. The maximum absolute atomic E-state index is 13.0. The third-order valence-corrected chi connectivity index (χ3v) is 4.51. The lowest BCUT2D eigenvalue weighted by Crippen LogP contribution is -2.15. The summed E-state index contributed by atoms with van der Waals surface area (Å²) in [6.07, 6.45) is 3.00. The lowest BCUT2D eigenvalue weighted by atomic mass is 10.1. The van der Waals surface area contributed by atoms with Crippen LogP contribution in [0.4, 0.5) is 0 Å². The van der Waals surface area contributed by atoms with Crippen molar-refractivity contribution < 1.29 is 23.5 Å². The molecule has 0 fully saturated rings. The van der Waals surface area contributed by atoms with Gasteiger partial charge in [0.25, 0.3) is 0 Å². The second-order valence-electron chi connectivity index (χ2n) is 6.59. The zero-order chi connectivity index (χ0) is 22.3. The SMILES string of the molecule is COC(=O)c1ccc(COC(=O)/C(=C\c2ccco2)n2nnnc2-c2ccccc2)cc1. The molecule has 0 aliphatic rings. The van der Waals surface area contributed by atoms with Gasteiger partial charge in [-0.25, -0.2) is 9.59 Å². The highest BCUT2D eigenvalue weighted by atomic mass is 16.5. The Bertz CT molecular complexity index is 1230. The van der Waals surface area contributed by atoms with Gasteiger partial charge in [0.1, 0.15) is 12.4 Å². The number of esters is 2. The van der Waals surface area contributed by atoms with Crippen molar-refractivity contribution in [3.63, 3.8) is 0 Å². The second-order valence-corrected chi connectivity index (χ2v) is 6.59. The van der Waals surface area contributed by atoms with Crippen LogP contribution in [-0.4, -0.2) is 39.3 Å². The first-order chi connectivity index (χ1) is 15.7. The molecule has 0 saturated heterocycles. The van der Waals surface area contributed by atoms with Crippen molar-refractivity contribution in [1.82, 2.24) is 20.2 Å². The maximum atomic E-state index is 13.0. The molecule has 0 aliphatic carbocycles. The minimum Gasteiger partial charge on any atom is -0.465 e. The van der Waals surface area contributed by atoms with Gasteiger partial charge in [-0.15, -0.1) is 5.10 Å². The summed E-state index contributed by atoms with van der Waals surface area (Å²) in [7, 11) is 1.31. The fourth-order valence-corrected chi connectivity index (χ4v) is 2.91. The number of furan rings is 1. The summed E-state index contributed by atoms with van der Waals surface area (Å²) in [6.45, 7) is -0.0153. The van der Waals surface area contributed by atoms with Crippen molar-refractivity contribution >= 4 is 23.7 Å². The third-order valence-electron chi connectivity index (χ3n) is 4.51. The number of nitrogens with zero attached hydrogens (tertiary/aromatic N) is 4. The average molecular weight is 430 g/mol. The number of benzene rings is 2.